The van der Waals surface area contributed by atoms with Gasteiger partial charge in [-0.2, -0.15) is 0 Å². The average molecular weight is 445 g/mol. The second kappa shape index (κ2) is 8.70. The summed E-state index contributed by atoms with van der Waals surface area (Å²) in [4.78, 5) is 7.22. The van der Waals surface area contributed by atoms with Crippen molar-refractivity contribution in [1.29, 1.82) is 0 Å². The Morgan fingerprint density at radius 2 is 1.81 bits per heavy atom. The number of nitrogens with zero attached hydrogens (tertiary/aromatic N) is 3. The Bertz CT molecular complexity index is 1110. The predicted octanol–water partition coefficient (Wildman–Crippen LogP) is 5.97. The highest BCUT2D eigenvalue weighted by Gasteiger charge is 2.44. The normalized spacial score (nSPS) is 21.3. The molecule has 3 heterocycles. The van der Waals surface area contributed by atoms with E-state index in [-0.39, 0.29) is 12.1 Å². The van der Waals surface area contributed by atoms with Crippen LogP contribution in [-0.2, 0) is 6.42 Å². The maximum atomic E-state index is 5.93. The molecule has 0 radical (unpaired) electrons. The van der Waals surface area contributed by atoms with Gasteiger partial charge in [0.15, 0.2) is 5.11 Å². The molecular weight excluding hydrogens is 412 g/mol. The maximum Gasteiger partial charge on any atom is 0.170 e. The number of nitrogens with one attached hydrogen (secondary N) is 1. The highest BCUT2D eigenvalue weighted by molar-refractivity contribution is 7.80. The van der Waals surface area contributed by atoms with E-state index in [1.165, 1.54) is 53.9 Å². The Morgan fingerprint density at radius 3 is 2.53 bits per heavy atom. The number of hydrogen-bond acceptors (Lipinski definition) is 2. The molecule has 5 heteroatoms. The van der Waals surface area contributed by atoms with E-state index in [0.717, 1.165) is 17.2 Å². The highest BCUT2D eigenvalue weighted by Crippen LogP contribution is 2.44. The molecule has 1 aliphatic heterocycles. The van der Waals surface area contributed by atoms with Crippen LogP contribution in [0.5, 0.6) is 0 Å². The van der Waals surface area contributed by atoms with E-state index in [9.17, 15) is 0 Å². The van der Waals surface area contributed by atoms with Crippen molar-refractivity contribution >= 4 is 17.3 Å². The zero-order chi connectivity index (χ0) is 22.2. The van der Waals surface area contributed by atoms with Crippen LogP contribution in [0.4, 0.5) is 0 Å². The minimum absolute atomic E-state index is 0.0552. The van der Waals surface area contributed by atoms with Crippen molar-refractivity contribution in [2.24, 2.45) is 0 Å². The molecule has 1 saturated heterocycles. The van der Waals surface area contributed by atoms with Crippen molar-refractivity contribution in [2.45, 2.75) is 71.0 Å². The molecule has 1 aromatic carbocycles. The molecule has 5 rings (SSSR count). The molecule has 2 atom stereocenters. The zero-order valence-electron chi connectivity index (χ0n) is 19.2. The number of benzene rings is 1. The molecule has 3 aromatic rings. The van der Waals surface area contributed by atoms with Crippen molar-refractivity contribution in [3.8, 4) is 5.69 Å². The first-order valence-corrected chi connectivity index (χ1v) is 12.3. The number of thiocarbonyl (C=S) groups is 1. The van der Waals surface area contributed by atoms with Crippen LogP contribution in [0.3, 0.4) is 0 Å². The van der Waals surface area contributed by atoms with Crippen LogP contribution < -0.4 is 5.32 Å². The van der Waals surface area contributed by atoms with Crippen molar-refractivity contribution in [3.63, 3.8) is 0 Å². The zero-order valence-corrected chi connectivity index (χ0v) is 20.0. The number of aromatic nitrogens is 2. The number of rotatable bonds is 5. The second-order valence-corrected chi connectivity index (χ2v) is 9.50. The van der Waals surface area contributed by atoms with E-state index in [4.69, 9.17) is 17.2 Å². The van der Waals surface area contributed by atoms with Crippen molar-refractivity contribution < 1.29 is 0 Å². The topological polar surface area (TPSA) is 33.1 Å². The van der Waals surface area contributed by atoms with Crippen LogP contribution in [0.25, 0.3) is 5.69 Å². The van der Waals surface area contributed by atoms with Crippen LogP contribution >= 0.6 is 12.2 Å². The first kappa shape index (κ1) is 21.2. The Kier molecular flexibility index (Phi) is 5.76. The standard InChI is InChI=1S/C27H32N4S/c1-4-20-11-5-8-15-24(20)30-18(2)17-22(19(30)3)26-25(23-14-9-10-16-28-23)29-27(32)31(26)21-12-6-7-13-21/h5,8-11,14-17,21,25-26H,4,6-7,12-13H2,1-3H3,(H,29,32)/t25-,26+/m1/s1. The van der Waals surface area contributed by atoms with E-state index in [1.807, 2.05) is 12.3 Å². The van der Waals surface area contributed by atoms with E-state index in [0.29, 0.717) is 6.04 Å². The summed E-state index contributed by atoms with van der Waals surface area (Å²) >= 11 is 5.93. The lowest BCUT2D eigenvalue weighted by molar-refractivity contribution is 0.245. The summed E-state index contributed by atoms with van der Waals surface area (Å²) in [6.07, 6.45) is 7.90. The van der Waals surface area contributed by atoms with E-state index < -0.39 is 0 Å². The lowest BCUT2D eigenvalue weighted by atomic mass is 9.95. The average Bonchev–Trinajstić information content (AvgIpc) is 3.52. The summed E-state index contributed by atoms with van der Waals surface area (Å²) in [6, 6.07) is 18.0. The van der Waals surface area contributed by atoms with E-state index in [1.54, 1.807) is 0 Å². The van der Waals surface area contributed by atoms with Gasteiger partial charge in [0.1, 0.15) is 0 Å². The smallest absolute Gasteiger partial charge is 0.170 e. The van der Waals surface area contributed by atoms with Gasteiger partial charge in [-0.15, -0.1) is 0 Å². The number of hydrogen-bond donors (Lipinski definition) is 1. The molecule has 32 heavy (non-hydrogen) atoms. The monoisotopic (exact) mass is 444 g/mol. The molecule has 0 unspecified atom stereocenters. The predicted molar refractivity (Wildman–Crippen MR) is 134 cm³/mol. The van der Waals surface area contributed by atoms with Crippen LogP contribution in [-0.4, -0.2) is 25.6 Å². The molecule has 2 aromatic heterocycles. The van der Waals surface area contributed by atoms with Crippen LogP contribution in [0, 0.1) is 13.8 Å². The Labute approximate surface area is 196 Å². The molecule has 4 nitrogen and oxygen atoms in total. The number of pyridine rings is 1. The molecule has 2 aliphatic rings. The van der Waals surface area contributed by atoms with Crippen molar-refractivity contribution in [2.75, 3.05) is 0 Å². The van der Waals surface area contributed by atoms with Gasteiger partial charge in [0, 0.05) is 29.3 Å². The van der Waals surface area contributed by atoms with Crippen molar-refractivity contribution in [1.82, 2.24) is 19.8 Å². The van der Waals surface area contributed by atoms with Gasteiger partial charge in [-0.3, -0.25) is 4.98 Å². The molecule has 2 fully saturated rings. The van der Waals surface area contributed by atoms with Crippen LogP contribution in [0.1, 0.15) is 72.9 Å². The maximum absolute atomic E-state index is 5.93. The highest BCUT2D eigenvalue weighted by atomic mass is 32.1. The Balaban J connectivity index is 1.65. The van der Waals surface area contributed by atoms with Crippen LogP contribution in [0.2, 0.25) is 0 Å². The minimum Gasteiger partial charge on any atom is -0.352 e. The minimum atomic E-state index is 0.0552. The molecule has 0 amide bonds. The van der Waals surface area contributed by atoms with E-state index >= 15 is 0 Å². The lowest BCUT2D eigenvalue weighted by Gasteiger charge is -2.33. The van der Waals surface area contributed by atoms with E-state index in [2.05, 4.69) is 78.0 Å². The fourth-order valence-electron chi connectivity index (χ4n) is 5.76. The molecule has 1 saturated carbocycles. The molecular formula is C27H32N4S. The Morgan fingerprint density at radius 1 is 1.06 bits per heavy atom. The first-order chi connectivity index (χ1) is 15.6. The second-order valence-electron chi connectivity index (χ2n) is 9.12. The van der Waals surface area contributed by atoms with Crippen molar-refractivity contribution in [3.05, 3.63) is 82.9 Å². The fraction of sp³-hybridized carbons (Fsp3) is 0.407. The molecule has 166 valence electrons. The summed E-state index contributed by atoms with van der Waals surface area (Å²) in [5, 5.41) is 4.52. The summed E-state index contributed by atoms with van der Waals surface area (Å²) in [5.41, 5.74) is 7.62. The van der Waals surface area contributed by atoms with Gasteiger partial charge < -0.3 is 14.8 Å². The SMILES string of the molecule is CCc1ccccc1-n1c(C)cc([C@H]2[C@@H](c3ccccn3)NC(=S)N2C2CCCC2)c1C. The number of aryl methyl sites for hydroxylation is 2. The van der Waals surface area contributed by atoms with Gasteiger partial charge >= 0.3 is 0 Å². The number of para-hydroxylation sites is 1. The summed E-state index contributed by atoms with van der Waals surface area (Å²) < 4.78 is 2.43. The third-order valence-corrected chi connectivity index (χ3v) is 7.58. The van der Waals surface area contributed by atoms with Gasteiger partial charge in [0.05, 0.1) is 17.8 Å². The van der Waals surface area contributed by atoms with Gasteiger partial charge in [0.2, 0.25) is 0 Å². The van der Waals surface area contributed by atoms with Gasteiger partial charge in [-0.1, -0.05) is 44.0 Å². The lowest BCUT2D eigenvalue weighted by Crippen LogP contribution is -2.37. The summed E-state index contributed by atoms with van der Waals surface area (Å²) in [6.45, 7) is 6.71. The molecule has 0 bridgehead atoms. The molecule has 0 spiro atoms. The molecule has 1 N–H and O–H groups in total. The fourth-order valence-corrected chi connectivity index (χ4v) is 6.15. The summed E-state index contributed by atoms with van der Waals surface area (Å²) in [5.74, 6) is 0. The largest absolute Gasteiger partial charge is 0.352 e. The quantitative estimate of drug-likeness (QED) is 0.492. The van der Waals surface area contributed by atoms with Crippen LogP contribution in [0.15, 0.2) is 54.7 Å². The van der Waals surface area contributed by atoms with Gasteiger partial charge in [0.25, 0.3) is 0 Å². The third kappa shape index (κ3) is 3.53. The van der Waals surface area contributed by atoms with Gasteiger partial charge in [-0.25, -0.2) is 0 Å². The third-order valence-electron chi connectivity index (χ3n) is 7.26. The van der Waals surface area contributed by atoms with Gasteiger partial charge in [-0.05, 0) is 80.7 Å². The Hall–Kier alpha value is -2.66. The first-order valence-electron chi connectivity index (χ1n) is 11.9. The summed E-state index contributed by atoms with van der Waals surface area (Å²) in [7, 11) is 0. The molecule has 1 aliphatic carbocycles.